The van der Waals surface area contributed by atoms with E-state index < -0.39 is 29.4 Å². The van der Waals surface area contributed by atoms with E-state index in [9.17, 15) is 22.8 Å². The van der Waals surface area contributed by atoms with E-state index in [1.165, 1.54) is 0 Å². The van der Waals surface area contributed by atoms with Crippen LogP contribution in [0.3, 0.4) is 0 Å². The zero-order valence-corrected chi connectivity index (χ0v) is 17.7. The Morgan fingerprint density at radius 2 is 1.88 bits per heavy atom. The van der Waals surface area contributed by atoms with Crippen molar-refractivity contribution in [3.8, 4) is 11.5 Å². The molecular weight excluding hydrogens is 421 g/mol. The summed E-state index contributed by atoms with van der Waals surface area (Å²) in [7, 11) is 0. The monoisotopic (exact) mass is 442 g/mol. The lowest BCUT2D eigenvalue weighted by Crippen LogP contribution is -2.36. The summed E-state index contributed by atoms with van der Waals surface area (Å²) >= 11 is 0. The molecule has 1 aromatic heterocycles. The number of amides is 1. The summed E-state index contributed by atoms with van der Waals surface area (Å²) in [6.07, 6.45) is -4.62. The maximum Gasteiger partial charge on any atom is 0.431 e. The lowest BCUT2D eigenvalue weighted by Gasteiger charge is -2.30. The van der Waals surface area contributed by atoms with Crippen molar-refractivity contribution < 1.29 is 22.7 Å². The number of hydrogen-bond acceptors (Lipinski definition) is 3. The summed E-state index contributed by atoms with van der Waals surface area (Å²) in [6.45, 7) is 5.39. The van der Waals surface area contributed by atoms with Gasteiger partial charge < -0.3 is 15.0 Å². The summed E-state index contributed by atoms with van der Waals surface area (Å²) in [5.74, 6) is 0.403. The highest BCUT2D eigenvalue weighted by Gasteiger charge is 2.35. The van der Waals surface area contributed by atoms with Crippen LogP contribution in [-0.2, 0) is 12.6 Å². The van der Waals surface area contributed by atoms with Gasteiger partial charge in [-0.2, -0.15) is 13.2 Å². The van der Waals surface area contributed by atoms with Crippen molar-refractivity contribution in [2.45, 2.75) is 39.4 Å². The molecule has 0 saturated heterocycles. The summed E-state index contributed by atoms with van der Waals surface area (Å²) in [5.41, 5.74) is 0.731. The van der Waals surface area contributed by atoms with Crippen LogP contribution in [0, 0.1) is 13.8 Å². The number of aromatic nitrogens is 1. The van der Waals surface area contributed by atoms with Gasteiger partial charge in [0.05, 0.1) is 6.04 Å². The van der Waals surface area contributed by atoms with Crippen molar-refractivity contribution >= 4 is 5.91 Å². The second-order valence-electron chi connectivity index (χ2n) is 7.80. The molecule has 2 heterocycles. The number of carbonyl (C=O) groups is 1. The fourth-order valence-electron chi connectivity index (χ4n) is 4.00. The van der Waals surface area contributed by atoms with Gasteiger partial charge in [0, 0.05) is 11.1 Å². The predicted octanol–water partition coefficient (Wildman–Crippen LogP) is 5.20. The van der Waals surface area contributed by atoms with E-state index >= 15 is 0 Å². The molecule has 0 fully saturated rings. The predicted molar refractivity (Wildman–Crippen MR) is 113 cm³/mol. The highest BCUT2D eigenvalue weighted by Crippen LogP contribution is 2.44. The molecule has 2 aromatic carbocycles. The minimum absolute atomic E-state index is 0.0276. The van der Waals surface area contributed by atoms with E-state index in [0.29, 0.717) is 17.1 Å². The molecule has 0 radical (unpaired) electrons. The Labute approximate surface area is 182 Å². The second-order valence-corrected chi connectivity index (χ2v) is 7.80. The molecule has 3 aromatic rings. The average molecular weight is 442 g/mol. The van der Waals surface area contributed by atoms with Crippen molar-refractivity contribution in [1.29, 1.82) is 0 Å². The molecule has 1 aliphatic heterocycles. The van der Waals surface area contributed by atoms with E-state index in [-0.39, 0.29) is 17.5 Å². The molecule has 0 spiro atoms. The first-order chi connectivity index (χ1) is 15.1. The zero-order chi connectivity index (χ0) is 23.2. The maximum atomic E-state index is 13.2. The van der Waals surface area contributed by atoms with Crippen molar-refractivity contribution in [3.63, 3.8) is 0 Å². The number of H-pyrrole nitrogens is 1. The molecule has 1 unspecified atom stereocenters. The fraction of sp³-hybridized carbons (Fsp3) is 0.250. The van der Waals surface area contributed by atoms with Crippen LogP contribution in [0.5, 0.6) is 11.5 Å². The molecule has 5 nitrogen and oxygen atoms in total. The third kappa shape index (κ3) is 3.77. The van der Waals surface area contributed by atoms with Crippen LogP contribution in [0.1, 0.15) is 56.8 Å². The third-order valence-electron chi connectivity index (χ3n) is 5.58. The first kappa shape index (κ1) is 21.7. The molecule has 166 valence electrons. The van der Waals surface area contributed by atoms with Gasteiger partial charge >= 0.3 is 6.18 Å². The van der Waals surface area contributed by atoms with E-state index in [0.717, 1.165) is 22.8 Å². The molecule has 0 bridgehead atoms. The number of rotatable bonds is 3. The molecule has 0 saturated carbocycles. The van der Waals surface area contributed by atoms with Gasteiger partial charge in [0.2, 0.25) is 0 Å². The topological polar surface area (TPSA) is 71.2 Å². The number of alkyl halides is 3. The Kier molecular flexibility index (Phi) is 5.32. The second kappa shape index (κ2) is 7.85. The van der Waals surface area contributed by atoms with Crippen molar-refractivity contribution in [2.75, 3.05) is 0 Å². The Bertz CT molecular complexity index is 1280. The smallest absolute Gasteiger partial charge is 0.431 e. The molecule has 2 N–H and O–H groups in total. The van der Waals surface area contributed by atoms with E-state index in [1.54, 1.807) is 18.0 Å². The van der Waals surface area contributed by atoms with Gasteiger partial charge in [0.15, 0.2) is 0 Å². The number of hydrogen-bond donors (Lipinski definition) is 2. The number of carbonyl (C=O) groups excluding carboxylic acids is 1. The van der Waals surface area contributed by atoms with Gasteiger partial charge in [-0.15, -0.1) is 0 Å². The highest BCUT2D eigenvalue weighted by atomic mass is 19.4. The molecule has 32 heavy (non-hydrogen) atoms. The van der Waals surface area contributed by atoms with Crippen molar-refractivity contribution in [3.05, 3.63) is 91.9 Å². The lowest BCUT2D eigenvalue weighted by molar-refractivity contribution is -0.141. The normalized spacial score (nSPS) is 14.9. The maximum absolute atomic E-state index is 13.2. The van der Waals surface area contributed by atoms with Gasteiger partial charge in [-0.25, -0.2) is 0 Å². The molecular formula is C24H21F3N2O3. The minimum Gasteiger partial charge on any atom is -0.457 e. The zero-order valence-electron chi connectivity index (χ0n) is 17.7. The Morgan fingerprint density at radius 3 is 2.56 bits per heavy atom. The molecule has 1 amide bonds. The van der Waals surface area contributed by atoms with Crippen LogP contribution in [0.4, 0.5) is 13.2 Å². The number of nitrogens with one attached hydrogen (secondary N) is 2. The first-order valence-electron chi connectivity index (χ1n) is 10.1. The number of aryl methyl sites for hydroxylation is 3. The minimum atomic E-state index is -4.72. The highest BCUT2D eigenvalue weighted by molar-refractivity contribution is 5.96. The van der Waals surface area contributed by atoms with Gasteiger partial charge in [0.1, 0.15) is 22.8 Å². The summed E-state index contributed by atoms with van der Waals surface area (Å²) in [6, 6.07) is 11.3. The van der Waals surface area contributed by atoms with Gasteiger partial charge in [-0.3, -0.25) is 9.59 Å². The lowest BCUT2D eigenvalue weighted by atomic mass is 9.90. The number of halogens is 3. The van der Waals surface area contributed by atoms with Crippen LogP contribution in [0.2, 0.25) is 0 Å². The van der Waals surface area contributed by atoms with Crippen molar-refractivity contribution in [2.24, 2.45) is 0 Å². The van der Waals surface area contributed by atoms with Crippen LogP contribution in [0.15, 0.2) is 47.3 Å². The Hall–Kier alpha value is -3.55. The van der Waals surface area contributed by atoms with Gasteiger partial charge in [0.25, 0.3) is 11.5 Å². The fourth-order valence-corrected chi connectivity index (χ4v) is 4.00. The Balaban J connectivity index is 1.81. The molecule has 4 rings (SSSR count). The third-order valence-corrected chi connectivity index (χ3v) is 5.58. The number of fused-ring (bicyclic) bond motifs is 2. The number of ether oxygens (including phenoxy) is 1. The summed E-state index contributed by atoms with van der Waals surface area (Å²) in [5, 5.41) is 2.86. The standard InChI is InChI=1S/C24H21F3N2O3/c1-4-14-11-18(24(25,26)27)28-22(30)20(14)23(31)29-21-15-9-8-12(2)10-17(15)32-16-7-5-6-13(3)19(16)21/h5-11,21H,4H2,1-3H3,(H,28,30)(H,29,31). The quantitative estimate of drug-likeness (QED) is 0.586. The summed E-state index contributed by atoms with van der Waals surface area (Å²) in [4.78, 5) is 27.5. The number of pyridine rings is 1. The van der Waals surface area contributed by atoms with Gasteiger partial charge in [-0.1, -0.05) is 31.2 Å². The van der Waals surface area contributed by atoms with Crippen LogP contribution in [-0.4, -0.2) is 10.9 Å². The molecule has 1 aliphatic rings. The number of benzene rings is 2. The van der Waals surface area contributed by atoms with Crippen molar-refractivity contribution in [1.82, 2.24) is 10.3 Å². The van der Waals surface area contributed by atoms with Crippen LogP contribution < -0.4 is 15.6 Å². The molecule has 1 atom stereocenters. The largest absolute Gasteiger partial charge is 0.457 e. The van der Waals surface area contributed by atoms with E-state index in [1.807, 2.05) is 44.2 Å². The van der Waals surface area contributed by atoms with E-state index in [4.69, 9.17) is 4.74 Å². The molecule has 8 heteroatoms. The number of aromatic amines is 1. The first-order valence-corrected chi connectivity index (χ1v) is 10.1. The SMILES string of the molecule is CCc1cc(C(F)(F)F)[nH]c(=O)c1C(=O)NC1c2ccc(C)cc2Oc2cccc(C)c21. The molecule has 0 aliphatic carbocycles. The van der Waals surface area contributed by atoms with Crippen LogP contribution >= 0.6 is 0 Å². The van der Waals surface area contributed by atoms with Gasteiger partial charge in [-0.05, 0) is 55.2 Å². The Morgan fingerprint density at radius 1 is 1.12 bits per heavy atom. The van der Waals surface area contributed by atoms with E-state index in [2.05, 4.69) is 5.32 Å². The summed E-state index contributed by atoms with van der Waals surface area (Å²) < 4.78 is 45.4. The van der Waals surface area contributed by atoms with Crippen LogP contribution in [0.25, 0.3) is 0 Å². The average Bonchev–Trinajstić information content (AvgIpc) is 2.71.